The van der Waals surface area contributed by atoms with Crippen LogP contribution in [-0.2, 0) is 21.1 Å². The zero-order valence-electron chi connectivity index (χ0n) is 22.5. The number of benzene rings is 4. The molecule has 0 radical (unpaired) electrons. The summed E-state index contributed by atoms with van der Waals surface area (Å²) in [5.41, 5.74) is 8.26. The fourth-order valence-corrected chi connectivity index (χ4v) is 6.51. The summed E-state index contributed by atoms with van der Waals surface area (Å²) in [6.45, 7) is 7.63. The van der Waals surface area contributed by atoms with Crippen molar-refractivity contribution < 1.29 is 25.8 Å². The van der Waals surface area contributed by atoms with Gasteiger partial charge in [0.05, 0.1) is 13.7 Å². The normalized spacial score (nSPS) is 20.7. The summed E-state index contributed by atoms with van der Waals surface area (Å²) in [5, 5.41) is 2.28. The Labute approximate surface area is 248 Å². The first-order valence-corrected chi connectivity index (χ1v) is 13.2. The molecule has 4 aromatic carbocycles. The minimum Gasteiger partial charge on any atom is -0.509 e. The van der Waals surface area contributed by atoms with E-state index in [1.165, 1.54) is 22.3 Å². The molecule has 40 heavy (non-hydrogen) atoms. The summed E-state index contributed by atoms with van der Waals surface area (Å²) in [5.74, 6) is 2.21. The number of pyridine rings is 1. The predicted octanol–water partition coefficient (Wildman–Crippen LogP) is 7.87. The molecule has 0 saturated carbocycles. The van der Waals surface area contributed by atoms with Crippen LogP contribution in [0.2, 0.25) is 0 Å². The molecule has 5 heterocycles. The summed E-state index contributed by atoms with van der Waals surface area (Å²) >= 11 is 0. The van der Waals surface area contributed by atoms with Crippen LogP contribution >= 0.6 is 0 Å². The Hall–Kier alpha value is -3.76. The van der Waals surface area contributed by atoms with Gasteiger partial charge in [-0.1, -0.05) is 48.8 Å². The molecule has 200 valence electrons. The number of aryl methyl sites for hydroxylation is 2. The van der Waals surface area contributed by atoms with E-state index in [-0.39, 0.29) is 21.1 Å². The molecule has 2 aromatic heterocycles. The van der Waals surface area contributed by atoms with Crippen molar-refractivity contribution in [2.24, 2.45) is 0 Å². The van der Waals surface area contributed by atoms with Crippen molar-refractivity contribution in [2.75, 3.05) is 13.7 Å². The maximum Gasteiger partial charge on any atom is 0.179 e. The van der Waals surface area contributed by atoms with E-state index in [0.29, 0.717) is 16.0 Å². The van der Waals surface area contributed by atoms with Crippen molar-refractivity contribution in [1.82, 2.24) is 18.5 Å². The van der Waals surface area contributed by atoms with E-state index < -0.39 is 0 Å². The van der Waals surface area contributed by atoms with Crippen molar-refractivity contribution in [2.45, 2.75) is 13.8 Å². The molecule has 1 fully saturated rings. The number of para-hydroxylation sites is 1. The second-order valence-corrected chi connectivity index (χ2v) is 11.0. The van der Waals surface area contributed by atoms with Gasteiger partial charge in [-0.05, 0) is 36.1 Å². The van der Waals surface area contributed by atoms with E-state index >= 15 is 0 Å². The van der Waals surface area contributed by atoms with Crippen molar-refractivity contribution >= 4 is 38.9 Å². The third-order valence-electron chi connectivity index (χ3n) is 8.14. The van der Waals surface area contributed by atoms with E-state index in [2.05, 4.69) is 104 Å². The predicted molar refractivity (Wildman–Crippen MR) is 157 cm³/mol. The Bertz CT molecular complexity index is 1940. The van der Waals surface area contributed by atoms with Gasteiger partial charge in [-0.15, -0.1) is 29.7 Å². The number of rotatable bonds is 4. The SMILES string of the molecule is Cc1cc(Oc2[c-]c3c(cc2)c2ccccc2n3-c2ccccn2)[c-]c([N@@+]23[CH-][N@@+](C)(C2)c2cc(C)ccc23)c1.[Pt]. The molecule has 2 bridgehead atoms. The molecular formula is C34H27N4OPt-. The van der Waals surface area contributed by atoms with Crippen LogP contribution in [0.3, 0.4) is 0 Å². The summed E-state index contributed by atoms with van der Waals surface area (Å²) in [6.07, 6.45) is 1.82. The van der Waals surface area contributed by atoms with E-state index in [4.69, 9.17) is 4.74 Å². The Kier molecular flexibility index (Phi) is 5.59. The molecule has 0 unspecified atom stereocenters. The van der Waals surface area contributed by atoms with Crippen molar-refractivity contribution in [1.29, 1.82) is 0 Å². The maximum absolute atomic E-state index is 6.48. The average molecular weight is 703 g/mol. The molecule has 0 spiro atoms. The van der Waals surface area contributed by atoms with Crippen molar-refractivity contribution in [3.8, 4) is 17.3 Å². The first kappa shape index (κ1) is 25.2. The monoisotopic (exact) mass is 702 g/mol. The largest absolute Gasteiger partial charge is 0.509 e. The first-order valence-electron chi connectivity index (χ1n) is 13.2. The molecule has 0 N–H and O–H groups in total. The van der Waals surface area contributed by atoms with Crippen LogP contribution in [-0.4, -0.2) is 23.3 Å². The van der Waals surface area contributed by atoms with Gasteiger partial charge >= 0.3 is 0 Å². The fourth-order valence-electron chi connectivity index (χ4n) is 6.51. The van der Waals surface area contributed by atoms with E-state index in [0.717, 1.165) is 44.6 Å². The topological polar surface area (TPSA) is 27.1 Å². The van der Waals surface area contributed by atoms with E-state index in [9.17, 15) is 0 Å². The summed E-state index contributed by atoms with van der Waals surface area (Å²) in [6, 6.07) is 36.7. The van der Waals surface area contributed by atoms with Crippen LogP contribution in [0.4, 0.5) is 17.1 Å². The number of aromatic nitrogens is 2. The third kappa shape index (κ3) is 3.55. The maximum atomic E-state index is 6.48. The zero-order valence-corrected chi connectivity index (χ0v) is 24.7. The van der Waals surface area contributed by atoms with Gasteiger partial charge in [-0.2, -0.15) is 11.6 Å². The van der Waals surface area contributed by atoms with Crippen LogP contribution in [0.1, 0.15) is 11.1 Å². The molecular weight excluding hydrogens is 675 g/mol. The van der Waals surface area contributed by atoms with Crippen LogP contribution in [0.5, 0.6) is 11.5 Å². The minimum absolute atomic E-state index is 0. The number of ether oxygens (including phenoxy) is 1. The second-order valence-electron chi connectivity index (χ2n) is 11.0. The van der Waals surface area contributed by atoms with Crippen molar-refractivity contribution in [3.63, 3.8) is 0 Å². The standard InChI is InChI=1S/C34H27N4O.Pt/c1-23-11-14-32-33(18-23)37(3)21-38(32,22-37)25-16-24(2)17-27(19-25)39-26-12-13-29-28-8-4-5-9-30(28)36(31(29)20-26)34-10-6-7-15-35-34;/h4-18,21H,22H2,1-3H3;/q-1;/t37-,38+;/m0./s1. The summed E-state index contributed by atoms with van der Waals surface area (Å²) < 4.78 is 10.2. The number of fused-ring (bicyclic) bond motifs is 3. The number of hydrogen-bond donors (Lipinski definition) is 0. The summed E-state index contributed by atoms with van der Waals surface area (Å²) in [4.78, 5) is 4.63. The third-order valence-corrected chi connectivity index (χ3v) is 8.14. The number of hydrogen-bond acceptors (Lipinski definition) is 2. The van der Waals surface area contributed by atoms with E-state index in [1.807, 2.05) is 36.5 Å². The zero-order chi connectivity index (χ0) is 26.4. The Morgan fingerprint density at radius 2 is 1.65 bits per heavy atom. The first-order chi connectivity index (χ1) is 18.9. The average Bonchev–Trinajstić information content (AvgIpc) is 3.47. The van der Waals surface area contributed by atoms with Crippen molar-refractivity contribution in [3.05, 3.63) is 121 Å². The molecule has 2 atom stereocenters. The van der Waals surface area contributed by atoms with Crippen LogP contribution in [0, 0.1) is 32.6 Å². The smallest absolute Gasteiger partial charge is 0.179 e. The van der Waals surface area contributed by atoms with Crippen LogP contribution in [0.25, 0.3) is 27.6 Å². The van der Waals surface area contributed by atoms with Gasteiger partial charge < -0.3 is 18.3 Å². The van der Waals surface area contributed by atoms with Gasteiger partial charge in [-0.3, -0.25) is 0 Å². The van der Waals surface area contributed by atoms with Gasteiger partial charge in [0.25, 0.3) is 0 Å². The Balaban J connectivity index is 0.00000264. The summed E-state index contributed by atoms with van der Waals surface area (Å²) in [7, 11) is 2.28. The molecule has 5 nitrogen and oxygen atoms in total. The van der Waals surface area contributed by atoms with E-state index in [1.54, 1.807) is 0 Å². The Morgan fingerprint density at radius 1 is 0.825 bits per heavy atom. The van der Waals surface area contributed by atoms with Gasteiger partial charge in [0.1, 0.15) is 5.82 Å². The molecule has 6 heteroatoms. The Morgan fingerprint density at radius 3 is 2.48 bits per heavy atom. The second kappa shape index (κ2) is 8.87. The van der Waals surface area contributed by atoms with Gasteiger partial charge in [0.15, 0.2) is 18.0 Å². The molecule has 0 aliphatic carbocycles. The minimum atomic E-state index is 0. The quantitative estimate of drug-likeness (QED) is 0.138. The van der Waals surface area contributed by atoms with Gasteiger partial charge in [-0.25, -0.2) is 4.98 Å². The molecule has 6 aromatic rings. The molecule has 0 amide bonds. The van der Waals surface area contributed by atoms with Crippen LogP contribution in [0.15, 0.2) is 91.1 Å². The fraction of sp³-hybridized carbons (Fsp3) is 0.118. The van der Waals surface area contributed by atoms with Gasteiger partial charge in [0.2, 0.25) is 0 Å². The number of nitrogens with zero attached hydrogens (tertiary/aromatic N) is 4. The molecule has 1 saturated heterocycles. The molecule has 3 aliphatic heterocycles. The molecule has 9 rings (SSSR count). The van der Waals surface area contributed by atoms with Crippen LogP contribution < -0.4 is 13.7 Å². The molecule has 3 aliphatic rings. The number of quaternary nitrogens is 2. The van der Waals surface area contributed by atoms with Gasteiger partial charge in [0, 0.05) is 62.1 Å².